The SMILES string of the molecule is OCCCCOc1ccc(Nc2ncnc3[nH]ccc23)cc1. The van der Waals surface area contributed by atoms with Gasteiger partial charge >= 0.3 is 0 Å². The third-order valence-electron chi connectivity index (χ3n) is 3.29. The van der Waals surface area contributed by atoms with Crippen LogP contribution in [0.25, 0.3) is 11.0 Å². The molecule has 6 heteroatoms. The number of rotatable bonds is 7. The molecule has 6 nitrogen and oxygen atoms in total. The minimum absolute atomic E-state index is 0.207. The number of anilines is 2. The maximum atomic E-state index is 8.72. The lowest BCUT2D eigenvalue weighted by atomic mass is 10.3. The van der Waals surface area contributed by atoms with Crippen LogP contribution in [0, 0.1) is 0 Å². The first-order valence-corrected chi connectivity index (χ1v) is 7.25. The van der Waals surface area contributed by atoms with Crippen molar-refractivity contribution in [3.05, 3.63) is 42.9 Å². The molecule has 0 saturated carbocycles. The average Bonchev–Trinajstić information content (AvgIpc) is 3.03. The Morgan fingerprint density at radius 3 is 2.77 bits per heavy atom. The third kappa shape index (κ3) is 3.35. The van der Waals surface area contributed by atoms with E-state index < -0.39 is 0 Å². The summed E-state index contributed by atoms with van der Waals surface area (Å²) in [4.78, 5) is 11.5. The van der Waals surface area contributed by atoms with E-state index in [-0.39, 0.29) is 6.61 Å². The quantitative estimate of drug-likeness (QED) is 0.584. The van der Waals surface area contributed by atoms with Crippen LogP contribution in [0.4, 0.5) is 11.5 Å². The van der Waals surface area contributed by atoms with Gasteiger partial charge in [-0.1, -0.05) is 0 Å². The lowest BCUT2D eigenvalue weighted by molar-refractivity contribution is 0.253. The van der Waals surface area contributed by atoms with Gasteiger partial charge in [0.1, 0.15) is 23.5 Å². The number of nitrogens with zero attached hydrogens (tertiary/aromatic N) is 2. The zero-order valence-electron chi connectivity index (χ0n) is 12.1. The molecule has 0 atom stereocenters. The van der Waals surface area contributed by atoms with Gasteiger partial charge in [0.25, 0.3) is 0 Å². The summed E-state index contributed by atoms with van der Waals surface area (Å²) in [6, 6.07) is 9.66. The predicted octanol–water partition coefficient (Wildman–Crippen LogP) is 2.85. The molecule has 22 heavy (non-hydrogen) atoms. The number of nitrogens with one attached hydrogen (secondary N) is 2. The first kappa shape index (κ1) is 14.3. The van der Waals surface area contributed by atoms with Gasteiger partial charge in [0.15, 0.2) is 0 Å². The minimum atomic E-state index is 0.207. The average molecular weight is 298 g/mol. The molecule has 2 heterocycles. The first-order valence-electron chi connectivity index (χ1n) is 7.25. The van der Waals surface area contributed by atoms with E-state index >= 15 is 0 Å². The molecule has 2 aromatic heterocycles. The van der Waals surface area contributed by atoms with Crippen molar-refractivity contribution in [3.8, 4) is 5.75 Å². The van der Waals surface area contributed by atoms with E-state index in [1.54, 1.807) is 0 Å². The van der Waals surface area contributed by atoms with Crippen molar-refractivity contribution >= 4 is 22.5 Å². The van der Waals surface area contributed by atoms with Gasteiger partial charge in [0, 0.05) is 18.5 Å². The lowest BCUT2D eigenvalue weighted by Crippen LogP contribution is -1.99. The van der Waals surface area contributed by atoms with Crippen LogP contribution in [0.3, 0.4) is 0 Å². The molecule has 3 N–H and O–H groups in total. The van der Waals surface area contributed by atoms with Gasteiger partial charge in [-0.25, -0.2) is 9.97 Å². The molecule has 1 aromatic carbocycles. The van der Waals surface area contributed by atoms with Crippen molar-refractivity contribution in [1.29, 1.82) is 0 Å². The molecule has 0 fully saturated rings. The van der Waals surface area contributed by atoms with Crippen molar-refractivity contribution in [1.82, 2.24) is 15.0 Å². The normalized spacial score (nSPS) is 10.8. The number of ether oxygens (including phenoxy) is 1. The second-order valence-corrected chi connectivity index (χ2v) is 4.89. The molecule has 0 aliphatic rings. The van der Waals surface area contributed by atoms with E-state index in [1.807, 2.05) is 36.5 Å². The van der Waals surface area contributed by atoms with E-state index in [9.17, 15) is 0 Å². The van der Waals surface area contributed by atoms with Gasteiger partial charge in [0.05, 0.1) is 12.0 Å². The Balaban J connectivity index is 1.65. The van der Waals surface area contributed by atoms with Crippen LogP contribution in [-0.2, 0) is 0 Å². The number of hydrogen-bond donors (Lipinski definition) is 3. The Morgan fingerprint density at radius 1 is 1.09 bits per heavy atom. The second kappa shape index (κ2) is 6.91. The number of aliphatic hydroxyl groups is 1. The maximum absolute atomic E-state index is 8.72. The molecule has 0 aliphatic carbocycles. The largest absolute Gasteiger partial charge is 0.494 e. The van der Waals surface area contributed by atoms with Crippen LogP contribution < -0.4 is 10.1 Å². The summed E-state index contributed by atoms with van der Waals surface area (Å²) in [7, 11) is 0. The Morgan fingerprint density at radius 2 is 1.95 bits per heavy atom. The van der Waals surface area contributed by atoms with Gasteiger partial charge in [-0.05, 0) is 43.2 Å². The topological polar surface area (TPSA) is 83.1 Å². The van der Waals surface area contributed by atoms with Crippen LogP contribution in [0.2, 0.25) is 0 Å². The Labute approximate surface area is 128 Å². The van der Waals surface area contributed by atoms with Gasteiger partial charge in [-0.3, -0.25) is 0 Å². The highest BCUT2D eigenvalue weighted by Crippen LogP contribution is 2.23. The summed E-state index contributed by atoms with van der Waals surface area (Å²) >= 11 is 0. The fourth-order valence-electron chi connectivity index (χ4n) is 2.15. The fourth-order valence-corrected chi connectivity index (χ4v) is 2.15. The first-order chi connectivity index (χ1) is 10.9. The monoisotopic (exact) mass is 298 g/mol. The van der Waals surface area contributed by atoms with Crippen molar-refractivity contribution in [2.75, 3.05) is 18.5 Å². The maximum Gasteiger partial charge on any atom is 0.143 e. The minimum Gasteiger partial charge on any atom is -0.494 e. The van der Waals surface area contributed by atoms with Crippen LogP contribution in [0.5, 0.6) is 5.75 Å². The van der Waals surface area contributed by atoms with E-state index in [1.165, 1.54) is 6.33 Å². The number of hydrogen-bond acceptors (Lipinski definition) is 5. The number of aromatic nitrogens is 3. The molecule has 0 saturated heterocycles. The molecule has 0 bridgehead atoms. The van der Waals surface area contributed by atoms with Gasteiger partial charge < -0.3 is 20.1 Å². The van der Waals surface area contributed by atoms with Crippen LogP contribution in [-0.4, -0.2) is 33.3 Å². The van der Waals surface area contributed by atoms with Gasteiger partial charge in [0.2, 0.25) is 0 Å². The highest BCUT2D eigenvalue weighted by Gasteiger charge is 2.04. The molecular formula is C16H18N4O2. The number of aliphatic hydroxyl groups excluding tert-OH is 1. The number of unbranched alkanes of at least 4 members (excludes halogenated alkanes) is 1. The predicted molar refractivity (Wildman–Crippen MR) is 85.4 cm³/mol. The molecular weight excluding hydrogens is 280 g/mol. The fraction of sp³-hybridized carbons (Fsp3) is 0.250. The molecule has 0 unspecified atom stereocenters. The zero-order chi connectivity index (χ0) is 15.2. The molecule has 0 radical (unpaired) electrons. The summed E-state index contributed by atoms with van der Waals surface area (Å²) in [6.07, 6.45) is 4.98. The van der Waals surface area contributed by atoms with E-state index in [0.717, 1.165) is 41.1 Å². The summed E-state index contributed by atoms with van der Waals surface area (Å²) in [5.74, 6) is 1.58. The highest BCUT2D eigenvalue weighted by atomic mass is 16.5. The summed E-state index contributed by atoms with van der Waals surface area (Å²) in [5, 5.41) is 13.0. The Bertz CT molecular complexity index is 724. The van der Waals surface area contributed by atoms with Crippen molar-refractivity contribution in [2.24, 2.45) is 0 Å². The molecule has 114 valence electrons. The van der Waals surface area contributed by atoms with E-state index in [4.69, 9.17) is 9.84 Å². The van der Waals surface area contributed by atoms with Gasteiger partial charge in [-0.15, -0.1) is 0 Å². The van der Waals surface area contributed by atoms with Crippen molar-refractivity contribution < 1.29 is 9.84 Å². The summed E-state index contributed by atoms with van der Waals surface area (Å²) in [5.41, 5.74) is 1.74. The van der Waals surface area contributed by atoms with Crippen molar-refractivity contribution in [2.45, 2.75) is 12.8 Å². The third-order valence-corrected chi connectivity index (χ3v) is 3.29. The molecule has 3 aromatic rings. The van der Waals surface area contributed by atoms with E-state index in [0.29, 0.717) is 6.61 Å². The molecule has 0 spiro atoms. The molecule has 3 rings (SSSR count). The van der Waals surface area contributed by atoms with Crippen molar-refractivity contribution in [3.63, 3.8) is 0 Å². The van der Waals surface area contributed by atoms with Gasteiger partial charge in [-0.2, -0.15) is 0 Å². The highest BCUT2D eigenvalue weighted by molar-refractivity contribution is 5.88. The summed E-state index contributed by atoms with van der Waals surface area (Å²) < 4.78 is 5.60. The number of H-pyrrole nitrogens is 1. The van der Waals surface area contributed by atoms with Crippen LogP contribution in [0.1, 0.15) is 12.8 Å². The lowest BCUT2D eigenvalue weighted by Gasteiger charge is -2.09. The molecule has 0 amide bonds. The second-order valence-electron chi connectivity index (χ2n) is 4.89. The number of aromatic amines is 1. The number of benzene rings is 1. The Kier molecular flexibility index (Phi) is 4.50. The Hall–Kier alpha value is -2.60. The summed E-state index contributed by atoms with van der Waals surface area (Å²) in [6.45, 7) is 0.821. The smallest absolute Gasteiger partial charge is 0.143 e. The zero-order valence-corrected chi connectivity index (χ0v) is 12.1. The van der Waals surface area contributed by atoms with Crippen LogP contribution >= 0.6 is 0 Å². The molecule has 0 aliphatic heterocycles. The number of fused-ring (bicyclic) bond motifs is 1. The van der Waals surface area contributed by atoms with E-state index in [2.05, 4.69) is 20.3 Å². The van der Waals surface area contributed by atoms with Crippen LogP contribution in [0.15, 0.2) is 42.9 Å². The standard InChI is InChI=1S/C16H18N4O2/c21-9-1-2-10-22-13-5-3-12(4-6-13)20-16-14-7-8-17-15(14)18-11-19-16/h3-8,11,21H,1-2,9-10H2,(H2,17,18,19,20).